The molecule has 7 heteroatoms. The summed E-state index contributed by atoms with van der Waals surface area (Å²) in [6.45, 7) is 11.2. The van der Waals surface area contributed by atoms with E-state index in [-0.39, 0.29) is 13.0 Å². The monoisotopic (exact) mass is 390 g/mol. The van der Waals surface area contributed by atoms with Gasteiger partial charge in [0, 0.05) is 6.54 Å². The molecule has 1 aromatic rings. The number of nitrogens with zero attached hydrogens (tertiary/aromatic N) is 2. The first kappa shape index (κ1) is 21.7. The summed E-state index contributed by atoms with van der Waals surface area (Å²) in [7, 11) is 0. The first-order chi connectivity index (χ1) is 13.1. The maximum atomic E-state index is 13.7. The highest BCUT2D eigenvalue weighted by atomic mass is 16.6. The largest absolute Gasteiger partial charge is 0.464 e. The second-order valence-corrected chi connectivity index (χ2v) is 7.70. The third-order valence-electron chi connectivity index (χ3n) is 4.58. The van der Waals surface area contributed by atoms with Gasteiger partial charge in [-0.25, -0.2) is 14.5 Å². The Morgan fingerprint density at radius 1 is 1.07 bits per heavy atom. The number of para-hydroxylation sites is 2. The smallest absolute Gasteiger partial charge is 0.421 e. The minimum Gasteiger partial charge on any atom is -0.464 e. The van der Waals surface area contributed by atoms with Gasteiger partial charge < -0.3 is 14.4 Å². The molecule has 154 valence electrons. The number of amides is 2. The van der Waals surface area contributed by atoms with Gasteiger partial charge in [0.2, 0.25) is 5.54 Å². The maximum Gasteiger partial charge on any atom is 0.421 e. The van der Waals surface area contributed by atoms with Gasteiger partial charge in [-0.2, -0.15) is 0 Å². The van der Waals surface area contributed by atoms with Gasteiger partial charge in [0.25, 0.3) is 5.91 Å². The van der Waals surface area contributed by atoms with Crippen LogP contribution in [0.2, 0.25) is 0 Å². The van der Waals surface area contributed by atoms with E-state index in [1.54, 1.807) is 57.7 Å². The zero-order valence-corrected chi connectivity index (χ0v) is 17.6. The molecule has 0 N–H and O–H groups in total. The Morgan fingerprint density at radius 3 is 2.18 bits per heavy atom. The Kier molecular flexibility index (Phi) is 6.37. The molecular formula is C21H30N2O5. The SMILES string of the molecule is CCCN1c2ccccc2N(C(=O)OC(C)(C)C)C(=O)C1(CC)C(=O)OCC. The highest BCUT2D eigenvalue weighted by molar-refractivity contribution is 6.28. The van der Waals surface area contributed by atoms with Crippen LogP contribution in [-0.4, -0.2) is 42.3 Å². The lowest BCUT2D eigenvalue weighted by atomic mass is 9.87. The number of rotatable bonds is 5. The lowest BCUT2D eigenvalue weighted by molar-refractivity contribution is -0.154. The summed E-state index contributed by atoms with van der Waals surface area (Å²) < 4.78 is 10.8. The van der Waals surface area contributed by atoms with E-state index in [1.165, 1.54) is 0 Å². The molecule has 2 amide bonds. The molecule has 0 radical (unpaired) electrons. The first-order valence-corrected chi connectivity index (χ1v) is 9.75. The van der Waals surface area contributed by atoms with Crippen LogP contribution in [0.25, 0.3) is 0 Å². The third-order valence-corrected chi connectivity index (χ3v) is 4.58. The number of anilines is 2. The highest BCUT2D eigenvalue weighted by Gasteiger charge is 2.58. The molecule has 1 heterocycles. The van der Waals surface area contributed by atoms with E-state index in [0.29, 0.717) is 17.9 Å². The minimum atomic E-state index is -1.61. The van der Waals surface area contributed by atoms with Crippen molar-refractivity contribution in [2.24, 2.45) is 0 Å². The fourth-order valence-electron chi connectivity index (χ4n) is 3.46. The number of benzene rings is 1. The number of hydrogen-bond donors (Lipinski definition) is 0. The van der Waals surface area contributed by atoms with Crippen molar-refractivity contribution in [3.63, 3.8) is 0 Å². The topological polar surface area (TPSA) is 76.2 Å². The van der Waals surface area contributed by atoms with Gasteiger partial charge in [0.15, 0.2) is 0 Å². The van der Waals surface area contributed by atoms with E-state index in [2.05, 4.69) is 0 Å². The zero-order chi connectivity index (χ0) is 21.1. The molecule has 1 aliphatic heterocycles. The van der Waals surface area contributed by atoms with Crippen LogP contribution in [0.4, 0.5) is 16.2 Å². The molecular weight excluding hydrogens is 360 g/mol. The van der Waals surface area contributed by atoms with Crippen LogP contribution in [-0.2, 0) is 19.1 Å². The second kappa shape index (κ2) is 8.20. The molecule has 28 heavy (non-hydrogen) atoms. The first-order valence-electron chi connectivity index (χ1n) is 9.75. The number of imide groups is 1. The number of carbonyl (C=O) groups is 3. The molecule has 0 bridgehead atoms. The van der Waals surface area contributed by atoms with E-state index in [1.807, 2.05) is 13.0 Å². The van der Waals surface area contributed by atoms with Crippen LogP contribution < -0.4 is 9.80 Å². The van der Waals surface area contributed by atoms with E-state index >= 15 is 0 Å². The van der Waals surface area contributed by atoms with Crippen molar-refractivity contribution in [2.75, 3.05) is 23.0 Å². The average Bonchev–Trinajstić information content (AvgIpc) is 2.61. The molecule has 1 unspecified atom stereocenters. The van der Waals surface area contributed by atoms with Gasteiger partial charge in [0.1, 0.15) is 5.60 Å². The van der Waals surface area contributed by atoms with E-state index < -0.39 is 29.1 Å². The summed E-state index contributed by atoms with van der Waals surface area (Å²) in [4.78, 5) is 42.4. The third kappa shape index (κ3) is 3.70. The van der Waals surface area contributed by atoms with Crippen LogP contribution >= 0.6 is 0 Å². The van der Waals surface area contributed by atoms with Crippen molar-refractivity contribution < 1.29 is 23.9 Å². The second-order valence-electron chi connectivity index (χ2n) is 7.70. The molecule has 0 fully saturated rings. The summed E-state index contributed by atoms with van der Waals surface area (Å²) in [5.41, 5.74) is -1.36. The molecule has 0 saturated heterocycles. The number of hydrogen-bond acceptors (Lipinski definition) is 6. The Balaban J connectivity index is 2.71. The molecule has 0 aliphatic carbocycles. The summed E-state index contributed by atoms with van der Waals surface area (Å²) in [5, 5.41) is 0. The summed E-state index contributed by atoms with van der Waals surface area (Å²) >= 11 is 0. The van der Waals surface area contributed by atoms with Gasteiger partial charge in [-0.15, -0.1) is 0 Å². The molecule has 0 saturated carbocycles. The Labute approximate surface area is 166 Å². The number of ether oxygens (including phenoxy) is 2. The van der Waals surface area contributed by atoms with Crippen molar-refractivity contribution in [3.8, 4) is 0 Å². The predicted octanol–water partition coefficient (Wildman–Crippen LogP) is 3.90. The molecule has 7 nitrogen and oxygen atoms in total. The van der Waals surface area contributed by atoms with Gasteiger partial charge in [0.05, 0.1) is 18.0 Å². The molecule has 1 aliphatic rings. The number of esters is 1. The van der Waals surface area contributed by atoms with Crippen LogP contribution in [0, 0.1) is 0 Å². The van der Waals surface area contributed by atoms with Crippen molar-refractivity contribution >= 4 is 29.3 Å². The van der Waals surface area contributed by atoms with Crippen molar-refractivity contribution in [2.45, 2.75) is 65.5 Å². The summed E-state index contributed by atoms with van der Waals surface area (Å²) in [5.74, 6) is -1.30. The van der Waals surface area contributed by atoms with Crippen LogP contribution in [0.15, 0.2) is 24.3 Å². The quantitative estimate of drug-likeness (QED) is 0.561. The Bertz CT molecular complexity index is 755. The fourth-order valence-corrected chi connectivity index (χ4v) is 3.46. The van der Waals surface area contributed by atoms with Gasteiger partial charge >= 0.3 is 12.1 Å². The molecule has 1 aromatic carbocycles. The normalized spacial score (nSPS) is 19.3. The van der Waals surface area contributed by atoms with E-state index in [4.69, 9.17) is 9.47 Å². The van der Waals surface area contributed by atoms with Crippen molar-refractivity contribution in [1.29, 1.82) is 0 Å². The highest BCUT2D eigenvalue weighted by Crippen LogP contribution is 2.43. The number of carbonyl (C=O) groups excluding carboxylic acids is 3. The van der Waals surface area contributed by atoms with Crippen LogP contribution in [0.5, 0.6) is 0 Å². The van der Waals surface area contributed by atoms with Gasteiger partial charge in [-0.05, 0) is 52.7 Å². The molecule has 0 aromatic heterocycles. The van der Waals surface area contributed by atoms with E-state index in [0.717, 1.165) is 11.3 Å². The number of fused-ring (bicyclic) bond motifs is 1. The lowest BCUT2D eigenvalue weighted by Gasteiger charge is -2.48. The van der Waals surface area contributed by atoms with Crippen LogP contribution in [0.3, 0.4) is 0 Å². The predicted molar refractivity (Wildman–Crippen MR) is 107 cm³/mol. The fraction of sp³-hybridized carbons (Fsp3) is 0.571. The minimum absolute atomic E-state index is 0.141. The van der Waals surface area contributed by atoms with Crippen LogP contribution in [0.1, 0.15) is 54.4 Å². The maximum absolute atomic E-state index is 13.7. The average molecular weight is 390 g/mol. The summed E-state index contributed by atoms with van der Waals surface area (Å²) in [6, 6.07) is 7.05. The lowest BCUT2D eigenvalue weighted by Crippen LogP contribution is -2.69. The Hall–Kier alpha value is -2.57. The zero-order valence-electron chi connectivity index (χ0n) is 17.6. The Morgan fingerprint density at radius 2 is 1.68 bits per heavy atom. The van der Waals surface area contributed by atoms with Gasteiger partial charge in [-0.3, -0.25) is 4.79 Å². The van der Waals surface area contributed by atoms with Crippen molar-refractivity contribution in [3.05, 3.63) is 24.3 Å². The van der Waals surface area contributed by atoms with Gasteiger partial charge in [-0.1, -0.05) is 26.0 Å². The molecule has 1 atom stereocenters. The molecule has 0 spiro atoms. The standard InChI is InChI=1S/C21H30N2O5/c1-7-14-22-15-12-10-11-13-16(15)23(19(26)28-20(4,5)6)17(24)21(22,8-2)18(25)27-9-3/h10-13H,7-9,14H2,1-6H3. The molecule has 2 rings (SSSR count). The van der Waals surface area contributed by atoms with Crippen molar-refractivity contribution in [1.82, 2.24) is 0 Å². The summed E-state index contributed by atoms with van der Waals surface area (Å²) in [6.07, 6.45) is 0.0799. The van der Waals surface area contributed by atoms with E-state index in [9.17, 15) is 14.4 Å².